The molecule has 1 saturated heterocycles. The van der Waals surface area contributed by atoms with Crippen LogP contribution in [0.15, 0.2) is 30.3 Å². The highest BCUT2D eigenvalue weighted by atomic mass is 16.6. The number of carbonyl (C=O) groups excluding carboxylic acids is 2. The highest BCUT2D eigenvalue weighted by Crippen LogP contribution is 2.61. The van der Waals surface area contributed by atoms with Gasteiger partial charge in [0.2, 0.25) is 5.91 Å². The van der Waals surface area contributed by atoms with Gasteiger partial charge in [0.25, 0.3) is 0 Å². The van der Waals surface area contributed by atoms with Crippen LogP contribution < -0.4 is 10.1 Å². The van der Waals surface area contributed by atoms with E-state index >= 15 is 0 Å². The Kier molecular flexibility index (Phi) is 5.00. The summed E-state index contributed by atoms with van der Waals surface area (Å²) < 4.78 is 5.32. The molecular formula is C24H32N2O3. The lowest BCUT2D eigenvalue weighted by Crippen LogP contribution is -2.51. The summed E-state index contributed by atoms with van der Waals surface area (Å²) in [5.74, 6) is 3.56. The molecule has 5 fully saturated rings. The minimum atomic E-state index is -0.408. The van der Waals surface area contributed by atoms with Gasteiger partial charge in [-0.2, -0.15) is 0 Å². The third-order valence-electron chi connectivity index (χ3n) is 7.81. The predicted octanol–water partition coefficient (Wildman–Crippen LogP) is 4.37. The number of likely N-dealkylation sites (tertiary alicyclic amines) is 1. The molecule has 1 aliphatic heterocycles. The molecule has 6 rings (SSSR count). The van der Waals surface area contributed by atoms with Crippen molar-refractivity contribution in [1.29, 1.82) is 0 Å². The zero-order valence-electron chi connectivity index (χ0n) is 17.1. The van der Waals surface area contributed by atoms with E-state index in [4.69, 9.17) is 4.74 Å². The molecule has 4 aliphatic carbocycles. The van der Waals surface area contributed by atoms with Crippen molar-refractivity contribution in [3.05, 3.63) is 30.3 Å². The van der Waals surface area contributed by atoms with Gasteiger partial charge in [-0.1, -0.05) is 18.2 Å². The number of hydrogen-bond acceptors (Lipinski definition) is 3. The standard InChI is InChI=1S/C24H32N2O3/c27-22(16-24-13-17-10-18(14-24)12-19(11-17)15-24)26-8-6-20(7-9-26)25-23(28)29-21-4-2-1-3-5-21/h1-5,17-20H,6-16H2,(H,25,28). The van der Waals surface area contributed by atoms with E-state index in [2.05, 4.69) is 5.32 Å². The fourth-order valence-electron chi connectivity index (χ4n) is 7.00. The average Bonchev–Trinajstić information content (AvgIpc) is 2.68. The highest BCUT2D eigenvalue weighted by Gasteiger charge is 2.51. The van der Waals surface area contributed by atoms with Gasteiger partial charge < -0.3 is 15.0 Å². The number of hydrogen-bond donors (Lipinski definition) is 1. The first kappa shape index (κ1) is 19.0. The summed E-state index contributed by atoms with van der Waals surface area (Å²) in [5, 5.41) is 2.95. The second kappa shape index (κ2) is 7.66. The lowest BCUT2D eigenvalue weighted by atomic mass is 9.49. The smallest absolute Gasteiger partial charge is 0.410 e. The van der Waals surface area contributed by atoms with E-state index in [1.807, 2.05) is 23.1 Å². The maximum atomic E-state index is 13.1. The van der Waals surface area contributed by atoms with Crippen molar-refractivity contribution in [3.8, 4) is 5.75 Å². The monoisotopic (exact) mass is 396 g/mol. The van der Waals surface area contributed by atoms with Crippen LogP contribution >= 0.6 is 0 Å². The number of piperidine rings is 1. The van der Waals surface area contributed by atoms with Crippen LogP contribution in [0.5, 0.6) is 5.75 Å². The first-order valence-electron chi connectivity index (χ1n) is 11.4. The van der Waals surface area contributed by atoms with Gasteiger partial charge in [0, 0.05) is 25.6 Å². The van der Waals surface area contributed by atoms with Crippen LogP contribution in [0, 0.1) is 23.2 Å². The zero-order chi connectivity index (χ0) is 19.8. The molecule has 1 aromatic rings. The molecular weight excluding hydrogens is 364 g/mol. The molecule has 1 heterocycles. The quantitative estimate of drug-likeness (QED) is 0.822. The van der Waals surface area contributed by atoms with Gasteiger partial charge in [-0.15, -0.1) is 0 Å². The summed E-state index contributed by atoms with van der Waals surface area (Å²) in [6, 6.07) is 9.19. The number of nitrogens with one attached hydrogen (secondary N) is 1. The maximum Gasteiger partial charge on any atom is 0.412 e. The number of nitrogens with zero attached hydrogens (tertiary/aromatic N) is 1. The molecule has 1 aromatic carbocycles. The summed E-state index contributed by atoms with van der Waals surface area (Å²) in [6.45, 7) is 1.48. The Morgan fingerprint density at radius 1 is 0.966 bits per heavy atom. The Bertz CT molecular complexity index is 719. The highest BCUT2D eigenvalue weighted by molar-refractivity contribution is 5.77. The van der Waals surface area contributed by atoms with Crippen molar-refractivity contribution in [1.82, 2.24) is 10.2 Å². The number of benzene rings is 1. The molecule has 4 bridgehead atoms. The normalized spacial score (nSPS) is 33.5. The van der Waals surface area contributed by atoms with E-state index in [0.29, 0.717) is 17.1 Å². The van der Waals surface area contributed by atoms with E-state index in [1.165, 1.54) is 38.5 Å². The molecule has 0 radical (unpaired) electrons. The van der Waals surface area contributed by atoms with Crippen molar-refractivity contribution < 1.29 is 14.3 Å². The summed E-state index contributed by atoms with van der Waals surface area (Å²) in [6.07, 6.45) is 10.1. The van der Waals surface area contributed by atoms with Crippen LogP contribution in [0.25, 0.3) is 0 Å². The van der Waals surface area contributed by atoms with Crippen LogP contribution in [-0.4, -0.2) is 36.0 Å². The van der Waals surface area contributed by atoms with Crippen molar-refractivity contribution >= 4 is 12.0 Å². The Labute approximate surface area is 173 Å². The zero-order valence-corrected chi connectivity index (χ0v) is 17.1. The van der Waals surface area contributed by atoms with Crippen LogP contribution in [0.1, 0.15) is 57.8 Å². The Morgan fingerprint density at radius 3 is 2.14 bits per heavy atom. The summed E-state index contributed by atoms with van der Waals surface area (Å²) >= 11 is 0. The van der Waals surface area contributed by atoms with Crippen LogP contribution in [0.3, 0.4) is 0 Å². The van der Waals surface area contributed by atoms with Crippen LogP contribution in [0.4, 0.5) is 4.79 Å². The Morgan fingerprint density at radius 2 is 1.55 bits per heavy atom. The number of ether oxygens (including phenoxy) is 1. The van der Waals surface area contributed by atoms with Crippen molar-refractivity contribution in [2.75, 3.05) is 13.1 Å². The van der Waals surface area contributed by atoms with Crippen LogP contribution in [0.2, 0.25) is 0 Å². The molecule has 4 saturated carbocycles. The number of amides is 2. The minimum absolute atomic E-state index is 0.0785. The van der Waals surface area contributed by atoms with E-state index < -0.39 is 6.09 Å². The van der Waals surface area contributed by atoms with Gasteiger partial charge in [0.05, 0.1) is 0 Å². The second-order valence-electron chi connectivity index (χ2n) is 10.1. The number of rotatable bonds is 4. The Balaban J connectivity index is 1.09. The Hall–Kier alpha value is -2.04. The molecule has 1 N–H and O–H groups in total. The summed E-state index contributed by atoms with van der Waals surface area (Å²) in [5.41, 5.74) is 0.306. The SMILES string of the molecule is O=C(NC1CCN(C(=O)CC23CC4CC(CC(C4)C2)C3)CC1)Oc1ccccc1. The summed E-state index contributed by atoms with van der Waals surface area (Å²) in [7, 11) is 0. The molecule has 5 nitrogen and oxygen atoms in total. The molecule has 156 valence electrons. The average molecular weight is 397 g/mol. The number of para-hydroxylation sites is 1. The first-order chi connectivity index (χ1) is 14.1. The van der Waals surface area contributed by atoms with E-state index in [0.717, 1.165) is 50.1 Å². The molecule has 5 heteroatoms. The van der Waals surface area contributed by atoms with E-state index in [9.17, 15) is 9.59 Å². The van der Waals surface area contributed by atoms with Gasteiger partial charge in [0.15, 0.2) is 0 Å². The topological polar surface area (TPSA) is 58.6 Å². The predicted molar refractivity (Wildman–Crippen MR) is 110 cm³/mol. The third kappa shape index (κ3) is 4.15. The summed E-state index contributed by atoms with van der Waals surface area (Å²) in [4.78, 5) is 27.2. The molecule has 5 aliphatic rings. The van der Waals surface area contributed by atoms with Crippen molar-refractivity contribution in [2.24, 2.45) is 23.2 Å². The van der Waals surface area contributed by atoms with Gasteiger partial charge in [-0.05, 0) is 86.7 Å². The first-order valence-corrected chi connectivity index (χ1v) is 11.4. The fourth-order valence-corrected chi connectivity index (χ4v) is 7.00. The van der Waals surface area contributed by atoms with Crippen LogP contribution in [-0.2, 0) is 4.79 Å². The fraction of sp³-hybridized carbons (Fsp3) is 0.667. The van der Waals surface area contributed by atoms with E-state index in [-0.39, 0.29) is 6.04 Å². The molecule has 0 aromatic heterocycles. The minimum Gasteiger partial charge on any atom is -0.410 e. The second-order valence-corrected chi connectivity index (χ2v) is 10.1. The molecule has 0 unspecified atom stereocenters. The molecule has 0 spiro atoms. The largest absolute Gasteiger partial charge is 0.412 e. The lowest BCUT2D eigenvalue weighted by Gasteiger charge is -2.57. The van der Waals surface area contributed by atoms with Gasteiger partial charge in [0.1, 0.15) is 5.75 Å². The molecule has 0 atom stereocenters. The van der Waals surface area contributed by atoms with Crippen molar-refractivity contribution in [2.45, 2.75) is 63.8 Å². The molecule has 2 amide bonds. The van der Waals surface area contributed by atoms with Gasteiger partial charge >= 0.3 is 6.09 Å². The molecule has 29 heavy (non-hydrogen) atoms. The third-order valence-corrected chi connectivity index (χ3v) is 7.81. The van der Waals surface area contributed by atoms with Gasteiger partial charge in [-0.3, -0.25) is 4.79 Å². The van der Waals surface area contributed by atoms with E-state index in [1.54, 1.807) is 12.1 Å². The maximum absolute atomic E-state index is 13.1. The number of carbonyl (C=O) groups is 2. The van der Waals surface area contributed by atoms with Gasteiger partial charge in [-0.25, -0.2) is 4.79 Å². The lowest BCUT2D eigenvalue weighted by molar-refractivity contribution is -0.140. The van der Waals surface area contributed by atoms with Crippen molar-refractivity contribution in [3.63, 3.8) is 0 Å².